The lowest BCUT2D eigenvalue weighted by atomic mass is 9.93. The van der Waals surface area contributed by atoms with Gasteiger partial charge in [0.05, 0.1) is 25.0 Å². The molecule has 1 aromatic carbocycles. The van der Waals surface area contributed by atoms with Gasteiger partial charge in [0.2, 0.25) is 0 Å². The number of fused-ring (bicyclic) bond motifs is 1. The van der Waals surface area contributed by atoms with Gasteiger partial charge in [-0.25, -0.2) is 9.59 Å². The van der Waals surface area contributed by atoms with E-state index >= 15 is 0 Å². The van der Waals surface area contributed by atoms with Gasteiger partial charge in [0.25, 0.3) is 0 Å². The molecule has 0 bridgehead atoms. The van der Waals surface area contributed by atoms with E-state index in [0.717, 1.165) is 11.1 Å². The molecule has 0 spiro atoms. The van der Waals surface area contributed by atoms with Crippen molar-refractivity contribution >= 4 is 23.7 Å². The molecule has 8 nitrogen and oxygen atoms in total. The number of primary amides is 1. The topological polar surface area (TPSA) is 117 Å². The summed E-state index contributed by atoms with van der Waals surface area (Å²) in [6, 6.07) is -0.780. The Bertz CT molecular complexity index is 829. The van der Waals surface area contributed by atoms with Crippen LogP contribution in [0.1, 0.15) is 53.7 Å². The number of nitrogens with one attached hydrogen (secondary N) is 1. The van der Waals surface area contributed by atoms with Crippen molar-refractivity contribution < 1.29 is 28.6 Å². The number of hydrogen-bond acceptors (Lipinski definition) is 6. The molecular formula is C20H26N2O6. The Morgan fingerprint density at radius 2 is 2.04 bits per heavy atom. The molecule has 0 saturated carbocycles. The zero-order valence-corrected chi connectivity index (χ0v) is 16.6. The molecule has 1 aromatic rings. The summed E-state index contributed by atoms with van der Waals surface area (Å²) in [5.74, 6) is -0.191. The number of benzene rings is 1. The molecule has 1 aliphatic rings. The molecule has 28 heavy (non-hydrogen) atoms. The Kier molecular flexibility index (Phi) is 7.03. The van der Waals surface area contributed by atoms with Crippen LogP contribution < -0.4 is 15.8 Å². The molecule has 152 valence electrons. The van der Waals surface area contributed by atoms with Crippen LogP contribution in [-0.2, 0) is 27.3 Å². The minimum Gasteiger partial charge on any atom is -0.496 e. The molecule has 1 aliphatic heterocycles. The van der Waals surface area contributed by atoms with E-state index < -0.39 is 12.0 Å². The molecule has 2 rings (SSSR count). The van der Waals surface area contributed by atoms with Crippen molar-refractivity contribution in [1.82, 2.24) is 0 Å². The molecule has 3 N–H and O–H groups in total. The number of nitrogens with two attached hydrogens (primary N) is 1. The van der Waals surface area contributed by atoms with Crippen LogP contribution in [0.3, 0.4) is 0 Å². The van der Waals surface area contributed by atoms with Gasteiger partial charge in [-0.3, -0.25) is 4.79 Å². The summed E-state index contributed by atoms with van der Waals surface area (Å²) in [4.78, 5) is 35.3. The van der Waals surface area contributed by atoms with Crippen LogP contribution in [-0.4, -0.2) is 31.7 Å². The summed E-state index contributed by atoms with van der Waals surface area (Å²) >= 11 is 0. The average Bonchev–Trinajstić information content (AvgIpc) is 3.02. The number of cyclic esters (lactones) is 1. The van der Waals surface area contributed by atoms with Gasteiger partial charge in [0.1, 0.15) is 12.4 Å². The van der Waals surface area contributed by atoms with Gasteiger partial charge in [-0.15, -0.1) is 0 Å². The predicted molar refractivity (Wildman–Crippen MR) is 103 cm³/mol. The van der Waals surface area contributed by atoms with Crippen molar-refractivity contribution in [2.24, 2.45) is 5.73 Å². The van der Waals surface area contributed by atoms with Crippen LogP contribution in [0.2, 0.25) is 0 Å². The van der Waals surface area contributed by atoms with E-state index in [-0.39, 0.29) is 19.0 Å². The third kappa shape index (κ3) is 4.62. The second kappa shape index (κ2) is 9.25. The monoisotopic (exact) mass is 390 g/mol. The number of rotatable bonds is 8. The number of carbonyl (C=O) groups is 3. The fourth-order valence-corrected chi connectivity index (χ4v) is 3.22. The molecule has 0 atom stereocenters. The van der Waals surface area contributed by atoms with Gasteiger partial charge in [-0.05, 0) is 39.2 Å². The van der Waals surface area contributed by atoms with Crippen molar-refractivity contribution in [3.05, 3.63) is 33.9 Å². The Labute approximate surface area is 164 Å². The molecule has 0 unspecified atom stereocenters. The first-order valence-corrected chi connectivity index (χ1v) is 9.07. The molecule has 8 heteroatoms. The first-order valence-electron chi connectivity index (χ1n) is 9.07. The molecule has 0 aromatic heterocycles. The lowest BCUT2D eigenvalue weighted by molar-refractivity contribution is -0.143. The van der Waals surface area contributed by atoms with Crippen LogP contribution in [0.4, 0.5) is 10.5 Å². The quantitative estimate of drug-likeness (QED) is 0.520. The van der Waals surface area contributed by atoms with Gasteiger partial charge in [0, 0.05) is 17.5 Å². The van der Waals surface area contributed by atoms with Crippen LogP contribution in [0, 0.1) is 6.92 Å². The van der Waals surface area contributed by atoms with Crippen molar-refractivity contribution in [2.75, 3.05) is 19.0 Å². The summed E-state index contributed by atoms with van der Waals surface area (Å²) in [6.45, 7) is 5.99. The molecular weight excluding hydrogens is 364 g/mol. The fraction of sp³-hybridized carbons (Fsp3) is 0.450. The normalized spacial score (nSPS) is 13.0. The van der Waals surface area contributed by atoms with Crippen LogP contribution >= 0.6 is 0 Å². The number of allylic oxidation sites excluding steroid dienone is 2. The maximum absolute atomic E-state index is 12.2. The van der Waals surface area contributed by atoms with E-state index in [2.05, 4.69) is 5.32 Å². The number of anilines is 1. The van der Waals surface area contributed by atoms with Crippen molar-refractivity contribution in [2.45, 2.75) is 46.6 Å². The van der Waals surface area contributed by atoms with E-state index in [1.807, 2.05) is 19.9 Å². The van der Waals surface area contributed by atoms with Crippen molar-refractivity contribution in [3.63, 3.8) is 0 Å². The second-order valence-corrected chi connectivity index (χ2v) is 6.49. The summed E-state index contributed by atoms with van der Waals surface area (Å²) in [7, 11) is 1.53. The van der Waals surface area contributed by atoms with E-state index in [1.165, 1.54) is 7.11 Å². The highest BCUT2D eigenvalue weighted by molar-refractivity contribution is 6.05. The first kappa shape index (κ1) is 21.3. The number of hydrogen-bond donors (Lipinski definition) is 2. The highest BCUT2D eigenvalue weighted by Gasteiger charge is 2.32. The number of carbonyl (C=O) groups excluding carboxylic acids is 3. The zero-order chi connectivity index (χ0) is 20.8. The molecule has 0 fully saturated rings. The zero-order valence-electron chi connectivity index (χ0n) is 16.6. The van der Waals surface area contributed by atoms with Gasteiger partial charge in [0.15, 0.2) is 0 Å². The summed E-state index contributed by atoms with van der Waals surface area (Å²) in [6.07, 6.45) is 3.14. The van der Waals surface area contributed by atoms with Crippen LogP contribution in [0.25, 0.3) is 0 Å². The van der Waals surface area contributed by atoms with Crippen molar-refractivity contribution in [1.29, 1.82) is 0 Å². The lowest BCUT2D eigenvalue weighted by Crippen LogP contribution is -2.22. The van der Waals surface area contributed by atoms with Gasteiger partial charge in [-0.2, -0.15) is 0 Å². The molecule has 1 heterocycles. The van der Waals surface area contributed by atoms with Gasteiger partial charge < -0.3 is 25.3 Å². The summed E-state index contributed by atoms with van der Waals surface area (Å²) in [5, 5.41) is 2.55. The van der Waals surface area contributed by atoms with Crippen molar-refractivity contribution in [3.8, 4) is 5.75 Å². The average molecular weight is 390 g/mol. The Hall–Kier alpha value is -3.03. The minimum absolute atomic E-state index is 0.124. The van der Waals surface area contributed by atoms with E-state index in [0.29, 0.717) is 47.6 Å². The molecule has 2 amide bonds. The van der Waals surface area contributed by atoms with E-state index in [4.69, 9.17) is 19.9 Å². The highest BCUT2D eigenvalue weighted by atomic mass is 16.5. The third-order valence-electron chi connectivity index (χ3n) is 4.61. The number of amides is 2. The second-order valence-electron chi connectivity index (χ2n) is 6.49. The molecule has 0 saturated heterocycles. The summed E-state index contributed by atoms with van der Waals surface area (Å²) < 4.78 is 15.6. The van der Waals surface area contributed by atoms with E-state index in [1.54, 1.807) is 6.92 Å². The van der Waals surface area contributed by atoms with E-state index in [9.17, 15) is 14.4 Å². The Balaban J connectivity index is 2.39. The number of methoxy groups -OCH3 is 1. The van der Waals surface area contributed by atoms with Gasteiger partial charge in [-0.1, -0.05) is 11.6 Å². The first-order chi connectivity index (χ1) is 13.3. The van der Waals surface area contributed by atoms with Crippen LogP contribution in [0.15, 0.2) is 11.6 Å². The minimum atomic E-state index is -0.780. The number of urea groups is 1. The maximum atomic E-state index is 12.2. The van der Waals surface area contributed by atoms with Crippen LogP contribution in [0.5, 0.6) is 5.75 Å². The van der Waals surface area contributed by atoms with Gasteiger partial charge >= 0.3 is 18.0 Å². The smallest absolute Gasteiger partial charge is 0.341 e. The Morgan fingerprint density at radius 1 is 1.32 bits per heavy atom. The SMILES string of the molecule is CCOC(=O)CC/C(C)=C/Cc1c(NC(N)=O)c2c(c(C)c1OC)COC2=O. The molecule has 0 radical (unpaired) electrons. The largest absolute Gasteiger partial charge is 0.496 e. The lowest BCUT2D eigenvalue weighted by Gasteiger charge is -2.19. The molecule has 0 aliphatic carbocycles. The maximum Gasteiger partial charge on any atom is 0.341 e. The standard InChI is InChI=1S/C20H26N2O6/c1-5-27-15(23)9-7-11(2)6-8-13-17(22-20(21)25)16-14(10-28-19(16)24)12(3)18(13)26-4/h6H,5,7-10H2,1-4H3,(H3,21,22,25)/b11-6+. The highest BCUT2D eigenvalue weighted by Crippen LogP contribution is 2.41. The predicted octanol–water partition coefficient (Wildman–Crippen LogP) is 3.00. The Morgan fingerprint density at radius 3 is 2.64 bits per heavy atom. The fourth-order valence-electron chi connectivity index (χ4n) is 3.22. The summed E-state index contributed by atoms with van der Waals surface area (Å²) in [5.41, 5.74) is 9.00. The number of ether oxygens (including phenoxy) is 3. The number of esters is 2. The third-order valence-corrected chi connectivity index (χ3v) is 4.61.